The van der Waals surface area contributed by atoms with Gasteiger partial charge in [-0.15, -0.1) is 0 Å². The maximum absolute atomic E-state index is 6.20. The maximum atomic E-state index is 6.20. The van der Waals surface area contributed by atoms with Crippen LogP contribution < -0.4 is 15.2 Å². The van der Waals surface area contributed by atoms with Crippen LogP contribution in [-0.2, 0) is 5.54 Å². The largest absolute Gasteiger partial charge is 0.497 e. The van der Waals surface area contributed by atoms with Crippen molar-refractivity contribution in [1.82, 2.24) is 0 Å². The van der Waals surface area contributed by atoms with Gasteiger partial charge in [0.05, 0.1) is 14.2 Å². The predicted octanol–water partition coefficient (Wildman–Crippen LogP) is 1.96. The highest BCUT2D eigenvalue weighted by Crippen LogP contribution is 2.46. The van der Waals surface area contributed by atoms with Crippen molar-refractivity contribution >= 4 is 0 Å². The Bertz CT molecular complexity index is 383. The molecule has 0 amide bonds. The second kappa shape index (κ2) is 3.42. The van der Waals surface area contributed by atoms with Gasteiger partial charge in [-0.3, -0.25) is 0 Å². The third-order valence-corrected chi connectivity index (χ3v) is 3.11. The SMILES string of the molecule is COc1cc(OC)c(C)c(C2(N)CC2)c1. The molecule has 0 heterocycles. The van der Waals surface area contributed by atoms with Gasteiger partial charge in [0.1, 0.15) is 11.5 Å². The highest BCUT2D eigenvalue weighted by molar-refractivity contribution is 5.50. The number of ether oxygens (including phenoxy) is 2. The normalized spacial score (nSPS) is 17.3. The lowest BCUT2D eigenvalue weighted by Gasteiger charge is -2.17. The van der Waals surface area contributed by atoms with Crippen LogP contribution in [0.3, 0.4) is 0 Å². The van der Waals surface area contributed by atoms with E-state index in [-0.39, 0.29) is 5.54 Å². The molecule has 1 aliphatic carbocycles. The fraction of sp³-hybridized carbons (Fsp3) is 0.500. The Morgan fingerprint density at radius 3 is 2.33 bits per heavy atom. The van der Waals surface area contributed by atoms with Gasteiger partial charge in [0.2, 0.25) is 0 Å². The molecule has 0 unspecified atom stereocenters. The summed E-state index contributed by atoms with van der Waals surface area (Å²) in [4.78, 5) is 0. The Morgan fingerprint density at radius 1 is 1.20 bits per heavy atom. The van der Waals surface area contributed by atoms with Crippen molar-refractivity contribution in [3.05, 3.63) is 23.3 Å². The molecule has 0 aliphatic heterocycles. The molecule has 0 aromatic heterocycles. The predicted molar refractivity (Wildman–Crippen MR) is 59.4 cm³/mol. The quantitative estimate of drug-likeness (QED) is 0.824. The Hall–Kier alpha value is -1.22. The third kappa shape index (κ3) is 1.67. The average molecular weight is 207 g/mol. The lowest BCUT2D eigenvalue weighted by molar-refractivity contribution is 0.390. The first-order valence-corrected chi connectivity index (χ1v) is 5.13. The van der Waals surface area contributed by atoms with E-state index in [2.05, 4.69) is 0 Å². The fourth-order valence-corrected chi connectivity index (χ4v) is 1.91. The van der Waals surface area contributed by atoms with Gasteiger partial charge in [-0.2, -0.15) is 0 Å². The Balaban J connectivity index is 2.52. The molecule has 3 heteroatoms. The highest BCUT2D eigenvalue weighted by Gasteiger charge is 2.41. The summed E-state index contributed by atoms with van der Waals surface area (Å²) in [5.41, 5.74) is 8.33. The van der Waals surface area contributed by atoms with E-state index in [1.54, 1.807) is 14.2 Å². The van der Waals surface area contributed by atoms with Crippen molar-refractivity contribution < 1.29 is 9.47 Å². The molecule has 82 valence electrons. The Labute approximate surface area is 90.2 Å². The van der Waals surface area contributed by atoms with Crippen LogP contribution in [0, 0.1) is 6.92 Å². The molecule has 1 fully saturated rings. The van der Waals surface area contributed by atoms with Crippen molar-refractivity contribution in [3.63, 3.8) is 0 Å². The minimum atomic E-state index is -0.147. The monoisotopic (exact) mass is 207 g/mol. The van der Waals surface area contributed by atoms with Gasteiger partial charge in [0, 0.05) is 11.6 Å². The van der Waals surface area contributed by atoms with E-state index >= 15 is 0 Å². The van der Waals surface area contributed by atoms with Gasteiger partial charge < -0.3 is 15.2 Å². The van der Waals surface area contributed by atoms with E-state index in [1.165, 1.54) is 0 Å². The second-order valence-electron chi connectivity index (χ2n) is 4.16. The van der Waals surface area contributed by atoms with Gasteiger partial charge >= 0.3 is 0 Å². The zero-order chi connectivity index (χ0) is 11.1. The summed E-state index contributed by atoms with van der Waals surface area (Å²) in [6.07, 6.45) is 2.09. The number of methoxy groups -OCH3 is 2. The van der Waals surface area contributed by atoms with Gasteiger partial charge in [-0.1, -0.05) is 0 Å². The number of benzene rings is 1. The van der Waals surface area contributed by atoms with Crippen LogP contribution >= 0.6 is 0 Å². The molecule has 3 nitrogen and oxygen atoms in total. The van der Waals surface area contributed by atoms with Crippen LogP contribution in [0.4, 0.5) is 0 Å². The van der Waals surface area contributed by atoms with Crippen LogP contribution in [0.2, 0.25) is 0 Å². The van der Waals surface area contributed by atoms with Gasteiger partial charge in [0.15, 0.2) is 0 Å². The molecule has 1 aliphatic rings. The van der Waals surface area contributed by atoms with Crippen LogP contribution in [-0.4, -0.2) is 14.2 Å². The molecule has 0 radical (unpaired) electrons. The van der Waals surface area contributed by atoms with E-state index < -0.39 is 0 Å². The highest BCUT2D eigenvalue weighted by atomic mass is 16.5. The first-order valence-electron chi connectivity index (χ1n) is 5.13. The van der Waals surface area contributed by atoms with Gasteiger partial charge in [0.25, 0.3) is 0 Å². The van der Waals surface area contributed by atoms with E-state index in [9.17, 15) is 0 Å². The molecular formula is C12H17NO2. The van der Waals surface area contributed by atoms with Crippen LogP contribution in [0.15, 0.2) is 12.1 Å². The van der Waals surface area contributed by atoms with E-state index in [0.717, 1.165) is 35.5 Å². The average Bonchev–Trinajstić information content (AvgIpc) is 2.98. The van der Waals surface area contributed by atoms with E-state index in [4.69, 9.17) is 15.2 Å². The topological polar surface area (TPSA) is 44.5 Å². The number of hydrogen-bond donors (Lipinski definition) is 1. The number of nitrogens with two attached hydrogens (primary N) is 1. The van der Waals surface area contributed by atoms with Crippen molar-refractivity contribution in [1.29, 1.82) is 0 Å². The van der Waals surface area contributed by atoms with E-state index in [0.29, 0.717) is 0 Å². The molecule has 2 N–H and O–H groups in total. The summed E-state index contributed by atoms with van der Waals surface area (Å²) in [6, 6.07) is 3.91. The molecule has 0 bridgehead atoms. The van der Waals surface area contributed by atoms with Crippen LogP contribution in [0.25, 0.3) is 0 Å². The summed E-state index contributed by atoms with van der Waals surface area (Å²) in [6.45, 7) is 2.04. The molecular weight excluding hydrogens is 190 g/mol. The number of rotatable bonds is 3. The van der Waals surface area contributed by atoms with Crippen LogP contribution in [0.1, 0.15) is 24.0 Å². The van der Waals surface area contributed by atoms with Gasteiger partial charge in [-0.25, -0.2) is 0 Å². The maximum Gasteiger partial charge on any atom is 0.125 e. The zero-order valence-corrected chi connectivity index (χ0v) is 9.46. The molecule has 1 aromatic carbocycles. The molecule has 0 spiro atoms. The minimum Gasteiger partial charge on any atom is -0.497 e. The van der Waals surface area contributed by atoms with Crippen LogP contribution in [0.5, 0.6) is 11.5 Å². The molecule has 1 aromatic rings. The Morgan fingerprint density at radius 2 is 1.87 bits per heavy atom. The molecule has 2 rings (SSSR count). The molecule has 0 atom stereocenters. The summed E-state index contributed by atoms with van der Waals surface area (Å²) < 4.78 is 10.6. The van der Waals surface area contributed by atoms with Crippen molar-refractivity contribution in [2.24, 2.45) is 5.73 Å². The third-order valence-electron chi connectivity index (χ3n) is 3.11. The van der Waals surface area contributed by atoms with Gasteiger partial charge in [-0.05, 0) is 37.0 Å². The smallest absolute Gasteiger partial charge is 0.125 e. The summed E-state index contributed by atoms with van der Waals surface area (Å²) in [5.74, 6) is 1.66. The Kier molecular flexibility index (Phi) is 2.35. The second-order valence-corrected chi connectivity index (χ2v) is 4.16. The summed E-state index contributed by atoms with van der Waals surface area (Å²) in [7, 11) is 3.33. The van der Waals surface area contributed by atoms with Crippen molar-refractivity contribution in [3.8, 4) is 11.5 Å². The fourth-order valence-electron chi connectivity index (χ4n) is 1.91. The zero-order valence-electron chi connectivity index (χ0n) is 9.46. The first kappa shape index (κ1) is 10.3. The summed E-state index contributed by atoms with van der Waals surface area (Å²) >= 11 is 0. The minimum absolute atomic E-state index is 0.147. The standard InChI is InChI=1S/C12H17NO2/c1-8-10(12(13)4-5-12)6-9(14-2)7-11(8)15-3/h6-7H,4-5,13H2,1-3H3. The first-order chi connectivity index (χ1) is 7.10. The lowest BCUT2D eigenvalue weighted by Crippen LogP contribution is -2.20. The molecule has 15 heavy (non-hydrogen) atoms. The molecule has 0 saturated heterocycles. The molecule has 1 saturated carbocycles. The summed E-state index contributed by atoms with van der Waals surface area (Å²) in [5, 5.41) is 0. The van der Waals surface area contributed by atoms with E-state index in [1.807, 2.05) is 19.1 Å². The number of hydrogen-bond acceptors (Lipinski definition) is 3. The lowest BCUT2D eigenvalue weighted by atomic mass is 9.99. The van der Waals surface area contributed by atoms with Crippen molar-refractivity contribution in [2.75, 3.05) is 14.2 Å². The van der Waals surface area contributed by atoms with Crippen molar-refractivity contribution in [2.45, 2.75) is 25.3 Å².